The number of azide groups is 1. The van der Waals surface area contributed by atoms with Gasteiger partial charge in [0, 0.05) is 458 Å². The van der Waals surface area contributed by atoms with Crippen molar-refractivity contribution in [2.75, 3.05) is 13.2 Å². The minimum Gasteiger partial charge on any atom is -0.448 e. The van der Waals surface area contributed by atoms with Gasteiger partial charge in [-0.1, -0.05) is 46.8 Å². The minimum absolute atomic E-state index is 0. The SMILES string of the molecule is CC1O[C@H](C2(O[C@@H]3OC(CO)[C@H](O)[C@H](O)[C@H]3O[C@@H]3CC(O)[C@H](O)[C@@H](O)C3C)O[C@@H]3C(N=[N+]=[N-])C(OC(=N)C(Cl)(Cl)Cl)OC(CO)[C@@H]32)[C@@H](O)C(O)[C@@H]1O.[Ac].[Ac].[Ac].[Ac].[Ac].[Ac].[Ac].[Ac].[Ac].[Ac]. The second-order valence-electron chi connectivity index (χ2n) is 13.5. The number of aliphatic hydroxyl groups is 10. The molecule has 4 heterocycles. The van der Waals surface area contributed by atoms with Crippen LogP contribution in [0.2, 0.25) is 0 Å². The number of halogens is 3. The van der Waals surface area contributed by atoms with Crippen LogP contribution in [-0.4, -0.2) is 190 Å². The second kappa shape index (κ2) is 39.8. The third-order valence-electron chi connectivity index (χ3n) is 10.4. The van der Waals surface area contributed by atoms with Gasteiger partial charge >= 0.3 is 0 Å². The predicted molar refractivity (Wildman–Crippen MR) is 171 cm³/mol. The monoisotopic (exact) mass is 3080 g/mol. The van der Waals surface area contributed by atoms with E-state index in [1.54, 1.807) is 0 Å². The fourth-order valence-electron chi connectivity index (χ4n) is 7.41. The smallest absolute Gasteiger partial charge is 0.265 e. The van der Waals surface area contributed by atoms with Crippen molar-refractivity contribution in [3.05, 3.63) is 10.4 Å². The summed E-state index contributed by atoms with van der Waals surface area (Å²) in [5, 5.41) is 118. The quantitative estimate of drug-likeness (QED) is 0.0269. The first-order valence-corrected chi connectivity index (χ1v) is 17.5. The maximum Gasteiger partial charge on any atom is 0.265 e. The molecule has 1 aliphatic carbocycles. The van der Waals surface area contributed by atoms with Crippen LogP contribution in [-0.2, 0) is 33.2 Å². The Morgan fingerprint density at radius 2 is 1.27 bits per heavy atom. The Bertz CT molecular complexity index is 1360. The maximum atomic E-state index is 11.3. The van der Waals surface area contributed by atoms with Crippen LogP contribution in [0, 0.1) is 458 Å². The van der Waals surface area contributed by atoms with Crippen molar-refractivity contribution < 1.29 is 525 Å². The molecule has 0 aromatic rings. The van der Waals surface area contributed by atoms with Gasteiger partial charge in [0.2, 0.25) is 18.0 Å². The van der Waals surface area contributed by atoms with E-state index in [0.29, 0.717) is 0 Å². The minimum atomic E-state index is -2.44. The van der Waals surface area contributed by atoms with Crippen LogP contribution >= 0.6 is 34.8 Å². The van der Waals surface area contributed by atoms with Crippen LogP contribution in [0.15, 0.2) is 5.11 Å². The number of nitrogens with zero attached hydrogens (tertiary/aromatic N) is 3. The fourth-order valence-corrected chi connectivity index (χ4v) is 7.54. The molecule has 34 heteroatoms. The summed E-state index contributed by atoms with van der Waals surface area (Å²) in [4.78, 5) is 2.78. The summed E-state index contributed by atoms with van der Waals surface area (Å²) < 4.78 is 39.4. The average Bonchev–Trinajstić information content (AvgIpc) is 3.08. The number of aliphatic hydroxyl groups excluding tert-OH is 10. The van der Waals surface area contributed by atoms with Crippen molar-refractivity contribution in [2.24, 2.45) is 17.0 Å². The molecular formula is C28H43Ac10Cl3N4O17. The third-order valence-corrected chi connectivity index (χ3v) is 10.9. The number of nitrogens with one attached hydrogen (secondary N) is 1. The van der Waals surface area contributed by atoms with Crippen LogP contribution in [0.1, 0.15) is 20.3 Å². The van der Waals surface area contributed by atoms with Gasteiger partial charge in [-0.3, -0.25) is 5.41 Å². The molecular weight excluding hydrogens is 3040 g/mol. The zero-order valence-corrected chi connectivity index (χ0v) is 83.0. The van der Waals surface area contributed by atoms with Gasteiger partial charge in [-0.25, -0.2) is 0 Å². The van der Waals surface area contributed by atoms with Gasteiger partial charge in [0.05, 0.1) is 55.8 Å². The largest absolute Gasteiger partial charge is 0.448 e. The van der Waals surface area contributed by atoms with E-state index in [9.17, 15) is 56.6 Å². The van der Waals surface area contributed by atoms with E-state index in [2.05, 4.69) is 10.0 Å². The van der Waals surface area contributed by atoms with Crippen molar-refractivity contribution >= 4 is 40.7 Å². The zero-order chi connectivity index (χ0) is 38.6. The van der Waals surface area contributed by atoms with Gasteiger partial charge in [-0.05, 0) is 12.5 Å². The Balaban J connectivity index is -0.000000784. The van der Waals surface area contributed by atoms with Gasteiger partial charge in [0.15, 0.2) is 6.29 Å². The molecule has 4 aliphatic heterocycles. The summed E-state index contributed by atoms with van der Waals surface area (Å²) in [6, 6.07) is -1.52. The third kappa shape index (κ3) is 20.7. The topological polar surface area (TPSA) is 340 Å². The molecule has 0 bridgehead atoms. The molecule has 10 radical (unpaired) electrons. The zero-order valence-electron chi connectivity index (χ0n) is 33.2. The summed E-state index contributed by atoms with van der Waals surface area (Å²) in [7, 11) is 0. The van der Waals surface area contributed by atoms with Crippen molar-refractivity contribution in [2.45, 2.75) is 140 Å². The van der Waals surface area contributed by atoms with Crippen molar-refractivity contribution in [3.8, 4) is 0 Å². The molecule has 9 unspecified atom stereocenters. The number of alkyl halides is 3. The van der Waals surface area contributed by atoms with Crippen LogP contribution < -0.4 is 0 Å². The molecule has 5 fully saturated rings. The van der Waals surface area contributed by atoms with Crippen molar-refractivity contribution in [3.63, 3.8) is 0 Å². The van der Waals surface area contributed by atoms with Gasteiger partial charge in [0.1, 0.15) is 61.0 Å². The molecule has 11 N–H and O–H groups in total. The average molecular weight is 3080 g/mol. The molecule has 0 aromatic carbocycles. The summed E-state index contributed by atoms with van der Waals surface area (Å²) >= 11 is 17.3. The molecule has 1 saturated carbocycles. The number of fused-ring (bicyclic) bond motifs is 1. The van der Waals surface area contributed by atoms with Gasteiger partial charge in [0.25, 0.3) is 3.79 Å². The number of ether oxygens (including phenoxy) is 7. The van der Waals surface area contributed by atoms with Crippen LogP contribution in [0.25, 0.3) is 10.4 Å². The Morgan fingerprint density at radius 3 is 1.77 bits per heavy atom. The predicted octanol–water partition coefficient (Wildman–Crippen LogP) is -3.34. The standard InChI is InChI=1S/C28H43Cl3N4O17.10Ac/c1-6-9(3-8(38)16(41)14(6)39)47-22-19(44)17(42)11(5-37)49-25(22)52-27(23-20(45)18(43)15(40)7(2)46-23)12-10(4-36)48-24(50-26(32)28(29,30)31)13(34-35-33)21(12)51-27;;;;;;;;;;/h6-25,32,36-45H,3-5H2,1-2H3;;;;;;;;;;/t6?,7?,8?,9-,10?,11?,12+,13?,14+,15-,16+,17+,18?,19+,20+,21+,22-,23+,24?,25+,27?;;;;;;;;;;/m1........../s1. The molecule has 5 rings (SSSR count). The summed E-state index contributed by atoms with van der Waals surface area (Å²) in [6.45, 7) is 1.11. The Kier molecular flexibility index (Phi) is 55.6. The first-order valence-electron chi connectivity index (χ1n) is 16.3. The van der Waals surface area contributed by atoms with Crippen LogP contribution in [0.3, 0.4) is 0 Å². The second-order valence-corrected chi connectivity index (χ2v) is 15.8. The molecule has 0 aromatic heterocycles. The molecule has 328 valence electrons. The summed E-state index contributed by atoms with van der Waals surface area (Å²) in [5.41, 5.74) is 9.43. The molecule has 5 aliphatic rings. The Morgan fingerprint density at radius 1 is 0.742 bits per heavy atom. The molecule has 0 amide bonds. The molecule has 62 heavy (non-hydrogen) atoms. The molecule has 21 nitrogen and oxygen atoms in total. The maximum absolute atomic E-state index is 11.3. The van der Waals surface area contributed by atoms with E-state index in [1.165, 1.54) is 13.8 Å². The van der Waals surface area contributed by atoms with E-state index in [1.807, 2.05) is 0 Å². The van der Waals surface area contributed by atoms with Gasteiger partial charge < -0.3 is 84.2 Å². The first kappa shape index (κ1) is 86.7. The van der Waals surface area contributed by atoms with E-state index in [-0.39, 0.29) is 447 Å². The van der Waals surface area contributed by atoms with Gasteiger partial charge in [-0.2, -0.15) is 0 Å². The first-order chi connectivity index (χ1) is 24.3. The summed E-state index contributed by atoms with van der Waals surface area (Å²) in [6.07, 6.45) is -27.7. The van der Waals surface area contributed by atoms with E-state index in [0.717, 1.165) is 0 Å². The number of rotatable bonds is 9. The molecule has 4 saturated heterocycles. The van der Waals surface area contributed by atoms with Crippen LogP contribution in [0.4, 0.5) is 0 Å². The fraction of sp³-hybridized carbons (Fsp3) is 0.964. The Hall–Kier alpha value is 13.4. The Labute approximate surface area is 731 Å². The van der Waals surface area contributed by atoms with Crippen LogP contribution in [0.5, 0.6) is 0 Å². The normalized spacial score (nSPS) is 42.8. The summed E-state index contributed by atoms with van der Waals surface area (Å²) in [5.74, 6) is -5.63. The van der Waals surface area contributed by atoms with E-state index >= 15 is 0 Å². The van der Waals surface area contributed by atoms with Crippen molar-refractivity contribution in [1.82, 2.24) is 0 Å². The van der Waals surface area contributed by atoms with E-state index < -0.39 is 151 Å². The van der Waals surface area contributed by atoms with E-state index in [4.69, 9.17) is 73.4 Å². The number of hydrogen-bond donors (Lipinski definition) is 11. The molecule has 21 atom stereocenters. The van der Waals surface area contributed by atoms with Gasteiger partial charge in [-0.15, -0.1) is 0 Å². The molecule has 0 spiro atoms. The van der Waals surface area contributed by atoms with Crippen molar-refractivity contribution in [1.29, 1.82) is 5.41 Å². The number of hydrogen-bond acceptors (Lipinski definition) is 19.